The van der Waals surface area contributed by atoms with Crippen LogP contribution in [0.5, 0.6) is 5.75 Å². The minimum Gasteiger partial charge on any atom is -0.508 e. The van der Waals surface area contributed by atoms with Gasteiger partial charge in [-0.1, -0.05) is 32.9 Å². The number of phenols is 1. The summed E-state index contributed by atoms with van der Waals surface area (Å²) >= 11 is 0. The van der Waals surface area contributed by atoms with Gasteiger partial charge in [0.2, 0.25) is 0 Å². The van der Waals surface area contributed by atoms with E-state index in [9.17, 15) is 23.4 Å². The van der Waals surface area contributed by atoms with Crippen LogP contribution in [0.25, 0.3) is 0 Å². The lowest BCUT2D eigenvalue weighted by Gasteiger charge is -2.21. The third-order valence-electron chi connectivity index (χ3n) is 5.24. The molecule has 1 atom stereocenters. The summed E-state index contributed by atoms with van der Waals surface area (Å²) in [6.45, 7) is 7.17. The Morgan fingerprint density at radius 3 is 2.12 bits per heavy atom. The SMILES string of the molecule is CNC(O)c1c(NCC(C)(C)C)cn(Cc2ccc(C(F)(F)F)cc2)c1Nc1ccc(O)cc1. The Hall–Kier alpha value is -3.17. The maximum atomic E-state index is 13.0. The fourth-order valence-corrected chi connectivity index (χ4v) is 3.44. The molecular formula is C25H31F3N4O2. The minimum atomic E-state index is -4.40. The second kappa shape index (κ2) is 9.99. The van der Waals surface area contributed by atoms with Gasteiger partial charge in [-0.25, -0.2) is 0 Å². The Morgan fingerprint density at radius 2 is 1.59 bits per heavy atom. The van der Waals surface area contributed by atoms with Crippen LogP contribution >= 0.6 is 0 Å². The minimum absolute atomic E-state index is 0.0259. The van der Waals surface area contributed by atoms with Gasteiger partial charge in [-0.3, -0.25) is 5.32 Å². The van der Waals surface area contributed by atoms with Gasteiger partial charge in [0.15, 0.2) is 0 Å². The monoisotopic (exact) mass is 476 g/mol. The molecule has 0 radical (unpaired) electrons. The molecule has 3 rings (SSSR count). The highest BCUT2D eigenvalue weighted by molar-refractivity contribution is 5.71. The van der Waals surface area contributed by atoms with E-state index in [1.54, 1.807) is 31.3 Å². The van der Waals surface area contributed by atoms with Crippen molar-refractivity contribution in [1.82, 2.24) is 9.88 Å². The van der Waals surface area contributed by atoms with Crippen LogP contribution in [0.2, 0.25) is 0 Å². The predicted octanol–water partition coefficient (Wildman–Crippen LogP) is 5.67. The zero-order valence-corrected chi connectivity index (χ0v) is 19.7. The molecule has 1 unspecified atom stereocenters. The zero-order chi connectivity index (χ0) is 25.1. The fraction of sp³-hybridized carbons (Fsp3) is 0.360. The second-order valence-corrected chi connectivity index (χ2v) is 9.40. The van der Waals surface area contributed by atoms with Crippen LogP contribution < -0.4 is 16.0 Å². The second-order valence-electron chi connectivity index (χ2n) is 9.40. The Morgan fingerprint density at radius 1 is 0.971 bits per heavy atom. The average molecular weight is 477 g/mol. The van der Waals surface area contributed by atoms with Crippen molar-refractivity contribution >= 4 is 17.2 Å². The lowest BCUT2D eigenvalue weighted by Crippen LogP contribution is -2.22. The summed E-state index contributed by atoms with van der Waals surface area (Å²) in [6, 6.07) is 11.5. The van der Waals surface area contributed by atoms with Gasteiger partial charge in [0.1, 0.15) is 17.8 Å². The number of anilines is 3. The molecule has 0 aliphatic carbocycles. The summed E-state index contributed by atoms with van der Waals surface area (Å²) < 4.78 is 40.8. The number of hydrogen-bond acceptors (Lipinski definition) is 5. The number of aliphatic hydroxyl groups excluding tert-OH is 1. The van der Waals surface area contributed by atoms with Crippen molar-refractivity contribution in [3.63, 3.8) is 0 Å². The molecule has 6 nitrogen and oxygen atoms in total. The number of hydrogen-bond donors (Lipinski definition) is 5. The molecule has 0 amide bonds. The number of nitrogens with one attached hydrogen (secondary N) is 3. The van der Waals surface area contributed by atoms with E-state index in [4.69, 9.17) is 0 Å². The predicted molar refractivity (Wildman–Crippen MR) is 128 cm³/mol. The Balaban J connectivity index is 2.04. The highest BCUT2D eigenvalue weighted by atomic mass is 19.4. The molecular weight excluding hydrogens is 445 g/mol. The van der Waals surface area contributed by atoms with E-state index in [2.05, 4.69) is 36.7 Å². The molecule has 0 saturated heterocycles. The smallest absolute Gasteiger partial charge is 0.416 e. The number of halogens is 3. The third kappa shape index (κ3) is 6.45. The number of alkyl halides is 3. The van der Waals surface area contributed by atoms with E-state index in [1.165, 1.54) is 12.1 Å². The number of benzene rings is 2. The first kappa shape index (κ1) is 25.5. The average Bonchev–Trinajstić information content (AvgIpc) is 3.09. The fourth-order valence-electron chi connectivity index (χ4n) is 3.44. The van der Waals surface area contributed by atoms with Crippen molar-refractivity contribution in [3.05, 3.63) is 71.4 Å². The Bertz CT molecular complexity index is 1090. The van der Waals surface area contributed by atoms with Gasteiger partial charge in [0.25, 0.3) is 0 Å². The van der Waals surface area contributed by atoms with Crippen LogP contribution in [0.4, 0.5) is 30.4 Å². The number of aromatic hydroxyl groups is 1. The summed E-state index contributed by atoms with van der Waals surface area (Å²) in [7, 11) is 1.63. The number of phenolic OH excluding ortho intramolecular Hbond substituents is 1. The van der Waals surface area contributed by atoms with Crippen LogP contribution in [0.1, 0.15) is 43.7 Å². The summed E-state index contributed by atoms with van der Waals surface area (Å²) in [6.07, 6.45) is -3.57. The van der Waals surface area contributed by atoms with E-state index in [-0.39, 0.29) is 17.7 Å². The molecule has 184 valence electrons. The first-order valence-corrected chi connectivity index (χ1v) is 10.9. The van der Waals surface area contributed by atoms with E-state index < -0.39 is 18.0 Å². The van der Waals surface area contributed by atoms with Crippen LogP contribution in [0, 0.1) is 5.41 Å². The highest BCUT2D eigenvalue weighted by Crippen LogP contribution is 2.36. The van der Waals surface area contributed by atoms with Gasteiger partial charge in [0.05, 0.1) is 16.8 Å². The van der Waals surface area contributed by atoms with Crippen molar-refractivity contribution in [2.24, 2.45) is 5.41 Å². The molecule has 0 fully saturated rings. The highest BCUT2D eigenvalue weighted by Gasteiger charge is 2.30. The molecule has 34 heavy (non-hydrogen) atoms. The lowest BCUT2D eigenvalue weighted by atomic mass is 9.97. The van der Waals surface area contributed by atoms with Crippen LogP contribution in [0.3, 0.4) is 0 Å². The Kier molecular flexibility index (Phi) is 7.48. The maximum absolute atomic E-state index is 13.0. The van der Waals surface area contributed by atoms with Crippen LogP contribution in [0.15, 0.2) is 54.7 Å². The van der Waals surface area contributed by atoms with E-state index >= 15 is 0 Å². The van der Waals surface area contributed by atoms with Gasteiger partial charge in [0, 0.05) is 25.0 Å². The van der Waals surface area contributed by atoms with Crippen molar-refractivity contribution in [2.45, 2.75) is 39.7 Å². The molecule has 3 aromatic rings. The number of rotatable bonds is 8. The molecule has 5 N–H and O–H groups in total. The molecule has 9 heteroatoms. The van der Waals surface area contributed by atoms with Gasteiger partial charge >= 0.3 is 6.18 Å². The van der Waals surface area contributed by atoms with Crippen molar-refractivity contribution < 1.29 is 23.4 Å². The topological polar surface area (TPSA) is 81.5 Å². The molecule has 0 saturated carbocycles. The van der Waals surface area contributed by atoms with E-state index in [0.717, 1.165) is 12.1 Å². The van der Waals surface area contributed by atoms with Crippen LogP contribution in [-0.4, -0.2) is 28.4 Å². The summed E-state index contributed by atoms with van der Waals surface area (Å²) in [5.74, 6) is 0.692. The molecule has 0 bridgehead atoms. The molecule has 2 aromatic carbocycles. The van der Waals surface area contributed by atoms with Crippen molar-refractivity contribution in [1.29, 1.82) is 0 Å². The number of nitrogens with zero attached hydrogens (tertiary/aromatic N) is 1. The third-order valence-corrected chi connectivity index (χ3v) is 5.24. The van der Waals surface area contributed by atoms with Gasteiger partial charge in [-0.05, 0) is 54.4 Å². The standard InChI is InChI=1S/C25H31F3N4O2/c1-24(2,3)15-30-20-14-32(13-16-5-7-17(8-6-16)25(26,27)28)22(21(20)23(34)29-4)31-18-9-11-19(33)12-10-18/h5-12,14,23,29-31,33-34H,13,15H2,1-4H3. The van der Waals surface area contributed by atoms with E-state index in [1.807, 2.05) is 10.8 Å². The van der Waals surface area contributed by atoms with E-state index in [0.29, 0.717) is 34.9 Å². The Labute approximate surface area is 197 Å². The first-order valence-electron chi connectivity index (χ1n) is 10.9. The summed E-state index contributed by atoms with van der Waals surface area (Å²) in [4.78, 5) is 0. The summed E-state index contributed by atoms with van der Waals surface area (Å²) in [5.41, 5.74) is 1.89. The molecule has 0 aliphatic rings. The van der Waals surface area contributed by atoms with Gasteiger partial charge in [-0.15, -0.1) is 0 Å². The molecule has 1 heterocycles. The normalized spacial score (nSPS) is 13.1. The van der Waals surface area contributed by atoms with Gasteiger partial charge < -0.3 is 25.4 Å². The molecule has 0 spiro atoms. The first-order chi connectivity index (χ1) is 15.9. The number of aromatic nitrogens is 1. The maximum Gasteiger partial charge on any atom is 0.416 e. The van der Waals surface area contributed by atoms with Crippen LogP contribution in [-0.2, 0) is 12.7 Å². The van der Waals surface area contributed by atoms with Crippen molar-refractivity contribution in [3.8, 4) is 5.75 Å². The van der Waals surface area contributed by atoms with Crippen molar-refractivity contribution in [2.75, 3.05) is 24.2 Å². The quantitative estimate of drug-likeness (QED) is 0.214. The lowest BCUT2D eigenvalue weighted by molar-refractivity contribution is -0.137. The van der Waals surface area contributed by atoms with Gasteiger partial charge in [-0.2, -0.15) is 13.2 Å². The molecule has 1 aromatic heterocycles. The largest absolute Gasteiger partial charge is 0.508 e. The molecule has 0 aliphatic heterocycles. The number of aliphatic hydroxyl groups is 1. The summed E-state index contributed by atoms with van der Waals surface area (Å²) in [5, 5.41) is 29.9. The zero-order valence-electron chi connectivity index (χ0n) is 19.7.